The van der Waals surface area contributed by atoms with Crippen LogP contribution in [0.1, 0.15) is 0 Å². The van der Waals surface area contributed by atoms with E-state index in [0.717, 1.165) is 11.9 Å². The molecule has 1 rings (SSSR count). The van der Waals surface area contributed by atoms with E-state index in [1.807, 2.05) is 0 Å². The number of rotatable bonds is 7. The Morgan fingerprint density at radius 3 is 2.94 bits per heavy atom. The van der Waals surface area contributed by atoms with E-state index in [9.17, 15) is 15.2 Å². The molecule has 1 atom stereocenters. The lowest BCUT2D eigenvalue weighted by molar-refractivity contribution is -0.394. The van der Waals surface area contributed by atoms with Crippen molar-refractivity contribution in [2.75, 3.05) is 18.4 Å². The Balaban J connectivity index is 0.00000256. The van der Waals surface area contributed by atoms with E-state index in [0.29, 0.717) is 6.54 Å². The van der Waals surface area contributed by atoms with E-state index in [4.69, 9.17) is 0 Å². The molecule has 0 amide bonds. The van der Waals surface area contributed by atoms with E-state index in [1.54, 1.807) is 0 Å². The highest BCUT2D eigenvalue weighted by molar-refractivity contribution is 9.09. The van der Waals surface area contributed by atoms with Gasteiger partial charge in [0.15, 0.2) is 0 Å². The molecule has 0 saturated carbocycles. The van der Waals surface area contributed by atoms with Gasteiger partial charge in [0.1, 0.15) is 0 Å². The minimum absolute atomic E-state index is 0. The minimum atomic E-state index is -0.675. The normalized spacial score (nSPS) is 11.9. The summed E-state index contributed by atoms with van der Waals surface area (Å²) in [4.78, 5) is 13.1. The van der Waals surface area contributed by atoms with Gasteiger partial charge in [0, 0.05) is 23.5 Å². The van der Waals surface area contributed by atoms with Gasteiger partial charge in [-0.25, -0.2) is 0 Å². The lowest BCUT2D eigenvalue weighted by Gasteiger charge is -2.08. The molecule has 1 unspecified atom stereocenters. The monoisotopic (exact) mass is 373 g/mol. The summed E-state index contributed by atoms with van der Waals surface area (Å²) in [5.41, 5.74) is 0. The molecule has 1 aromatic heterocycles. The van der Waals surface area contributed by atoms with Crippen LogP contribution in [0.3, 0.4) is 0 Å². The molecule has 0 saturated heterocycles. The standard InChI is InChI=1S/C7H12BrN5O3.BrH/c8-1-2-9-3-6(14)4-12-5-10-7(11-12)13(15)16;/h5-6,9,14H,1-4H2;1H. The number of nitrogens with zero attached hydrogens (tertiary/aromatic N) is 4. The van der Waals surface area contributed by atoms with Gasteiger partial charge in [-0.2, -0.15) is 4.68 Å². The summed E-state index contributed by atoms with van der Waals surface area (Å²) < 4.78 is 1.25. The van der Waals surface area contributed by atoms with Gasteiger partial charge in [-0.15, -0.1) is 17.0 Å². The molecule has 0 fully saturated rings. The smallest absolute Gasteiger partial charge is 0.390 e. The molecule has 0 bridgehead atoms. The van der Waals surface area contributed by atoms with Crippen molar-refractivity contribution in [3.8, 4) is 0 Å². The quantitative estimate of drug-likeness (QED) is 0.303. The highest BCUT2D eigenvalue weighted by atomic mass is 79.9. The number of aromatic nitrogens is 3. The third kappa shape index (κ3) is 6.05. The number of hydrogen-bond donors (Lipinski definition) is 2. The number of aliphatic hydroxyl groups excluding tert-OH is 1. The summed E-state index contributed by atoms with van der Waals surface area (Å²) in [6.45, 7) is 1.32. The molecular formula is C7H13Br2N5O3. The number of nitrogens with one attached hydrogen (secondary N) is 1. The van der Waals surface area contributed by atoms with Crippen LogP contribution in [0.2, 0.25) is 0 Å². The predicted molar refractivity (Wildman–Crippen MR) is 69.7 cm³/mol. The Kier molecular flexibility index (Phi) is 8.21. The van der Waals surface area contributed by atoms with Crippen LogP contribution in [0.15, 0.2) is 6.33 Å². The maximum Gasteiger partial charge on any atom is 0.490 e. The first kappa shape index (κ1) is 16.4. The number of hydrogen-bond acceptors (Lipinski definition) is 6. The molecule has 0 aliphatic carbocycles. The Hall–Kier alpha value is -0.580. The molecule has 2 N–H and O–H groups in total. The predicted octanol–water partition coefficient (Wildman–Crippen LogP) is 0.110. The van der Waals surface area contributed by atoms with Crippen LogP contribution >= 0.6 is 32.9 Å². The fraction of sp³-hybridized carbons (Fsp3) is 0.714. The third-order valence-corrected chi connectivity index (χ3v) is 2.13. The highest BCUT2D eigenvalue weighted by Gasteiger charge is 2.15. The van der Waals surface area contributed by atoms with Crippen LogP contribution in [-0.2, 0) is 6.54 Å². The Labute approximate surface area is 116 Å². The molecule has 1 aromatic rings. The lowest BCUT2D eigenvalue weighted by Crippen LogP contribution is -2.31. The Morgan fingerprint density at radius 1 is 1.71 bits per heavy atom. The second kappa shape index (κ2) is 8.50. The van der Waals surface area contributed by atoms with Crippen molar-refractivity contribution >= 4 is 38.9 Å². The highest BCUT2D eigenvalue weighted by Crippen LogP contribution is 2.00. The maximum absolute atomic E-state index is 10.3. The molecule has 0 aromatic carbocycles. The number of halogens is 2. The van der Waals surface area contributed by atoms with E-state index < -0.39 is 17.0 Å². The summed E-state index contributed by atoms with van der Waals surface area (Å²) >= 11 is 3.24. The molecule has 1 heterocycles. The van der Waals surface area contributed by atoms with Crippen LogP contribution in [0.25, 0.3) is 0 Å². The zero-order valence-electron chi connectivity index (χ0n) is 8.82. The van der Waals surface area contributed by atoms with Crippen molar-refractivity contribution in [1.82, 2.24) is 20.1 Å². The van der Waals surface area contributed by atoms with E-state index in [1.165, 1.54) is 11.0 Å². The fourth-order valence-corrected chi connectivity index (χ4v) is 1.35. The van der Waals surface area contributed by atoms with Crippen molar-refractivity contribution < 1.29 is 10.0 Å². The molecule has 8 nitrogen and oxygen atoms in total. The van der Waals surface area contributed by atoms with Gasteiger partial charge in [-0.05, 0) is 4.92 Å². The number of aliphatic hydroxyl groups is 1. The lowest BCUT2D eigenvalue weighted by atomic mass is 10.3. The van der Waals surface area contributed by atoms with Gasteiger partial charge in [0.2, 0.25) is 6.33 Å². The largest absolute Gasteiger partial charge is 0.490 e. The molecule has 0 spiro atoms. The Morgan fingerprint density at radius 2 is 2.41 bits per heavy atom. The summed E-state index contributed by atoms with van der Waals surface area (Å²) in [7, 11) is 0. The van der Waals surface area contributed by atoms with Gasteiger partial charge in [-0.1, -0.05) is 20.9 Å². The average molecular weight is 375 g/mol. The summed E-state index contributed by atoms with van der Waals surface area (Å²) in [5, 5.41) is 27.2. The first-order chi connectivity index (χ1) is 7.63. The molecule has 0 radical (unpaired) electrons. The zero-order chi connectivity index (χ0) is 12.0. The number of alkyl halides is 1. The van der Waals surface area contributed by atoms with Gasteiger partial charge in [0.05, 0.1) is 12.6 Å². The van der Waals surface area contributed by atoms with Crippen LogP contribution in [0.4, 0.5) is 5.95 Å². The van der Waals surface area contributed by atoms with Crippen molar-refractivity contribution in [1.29, 1.82) is 0 Å². The topological polar surface area (TPSA) is 106 Å². The SMILES string of the molecule is Br.O=[N+]([O-])c1ncn(CC(O)CNCCBr)n1. The van der Waals surface area contributed by atoms with Gasteiger partial charge < -0.3 is 20.5 Å². The first-order valence-electron chi connectivity index (χ1n) is 4.62. The summed E-state index contributed by atoms with van der Waals surface area (Å²) in [5.74, 6) is -0.458. The van der Waals surface area contributed by atoms with Crippen molar-refractivity contribution in [3.05, 3.63) is 16.4 Å². The zero-order valence-corrected chi connectivity index (χ0v) is 12.1. The maximum atomic E-state index is 10.3. The molecule has 0 aliphatic rings. The molecular weight excluding hydrogens is 362 g/mol. The van der Waals surface area contributed by atoms with E-state index >= 15 is 0 Å². The van der Waals surface area contributed by atoms with Crippen molar-refractivity contribution in [2.24, 2.45) is 0 Å². The fourth-order valence-electron chi connectivity index (χ4n) is 1.07. The van der Waals surface area contributed by atoms with Crippen molar-refractivity contribution in [3.63, 3.8) is 0 Å². The molecule has 0 aliphatic heterocycles. The molecule has 17 heavy (non-hydrogen) atoms. The van der Waals surface area contributed by atoms with Gasteiger partial charge in [0.25, 0.3) is 0 Å². The summed E-state index contributed by atoms with van der Waals surface area (Å²) in [6, 6.07) is 0. The van der Waals surface area contributed by atoms with Crippen LogP contribution in [-0.4, -0.2) is 49.3 Å². The van der Waals surface area contributed by atoms with Crippen LogP contribution in [0.5, 0.6) is 0 Å². The second-order valence-electron chi connectivity index (χ2n) is 3.07. The molecule has 10 heteroatoms. The number of nitro groups is 1. The average Bonchev–Trinajstić information content (AvgIpc) is 2.66. The van der Waals surface area contributed by atoms with E-state index in [2.05, 4.69) is 31.3 Å². The minimum Gasteiger partial charge on any atom is -0.390 e. The van der Waals surface area contributed by atoms with Gasteiger partial charge in [-0.3, -0.25) is 0 Å². The van der Waals surface area contributed by atoms with Crippen molar-refractivity contribution in [2.45, 2.75) is 12.6 Å². The second-order valence-corrected chi connectivity index (χ2v) is 3.86. The van der Waals surface area contributed by atoms with Crippen LogP contribution < -0.4 is 5.32 Å². The first-order valence-corrected chi connectivity index (χ1v) is 5.74. The van der Waals surface area contributed by atoms with Crippen LogP contribution in [0, 0.1) is 10.1 Å². The van der Waals surface area contributed by atoms with E-state index in [-0.39, 0.29) is 23.5 Å². The molecule has 98 valence electrons. The third-order valence-electron chi connectivity index (χ3n) is 1.74. The van der Waals surface area contributed by atoms with Gasteiger partial charge >= 0.3 is 5.95 Å². The summed E-state index contributed by atoms with van der Waals surface area (Å²) in [6.07, 6.45) is 0.576. The Bertz CT molecular complexity index is 348.